The molecule has 0 aliphatic rings. The molecule has 4 aromatic rings. The number of para-hydroxylation sites is 1. The lowest BCUT2D eigenvalue weighted by atomic mass is 10.1. The summed E-state index contributed by atoms with van der Waals surface area (Å²) in [6, 6.07) is 13.3. The number of benzene rings is 1. The van der Waals surface area contributed by atoms with Crippen LogP contribution in [0.3, 0.4) is 0 Å². The Kier molecular flexibility index (Phi) is 4.37. The molecule has 0 atom stereocenters. The molecular weight excluding hydrogens is 360 g/mol. The molecule has 0 bridgehead atoms. The SMILES string of the molecule is COc1cccc2c(C)cc(-n3nc(C)cc3NC(=O)c3cccs3)nc12. The predicted octanol–water partition coefficient (Wildman–Crippen LogP) is 4.36. The first kappa shape index (κ1) is 17.2. The van der Waals surface area contributed by atoms with Gasteiger partial charge in [0.15, 0.2) is 5.82 Å². The molecule has 1 N–H and O–H groups in total. The first-order valence-corrected chi connectivity index (χ1v) is 9.31. The molecule has 0 aliphatic heterocycles. The lowest BCUT2D eigenvalue weighted by molar-refractivity contribution is 0.103. The molecule has 0 fully saturated rings. The molecule has 4 rings (SSSR count). The fourth-order valence-electron chi connectivity index (χ4n) is 3.00. The van der Waals surface area contributed by atoms with Gasteiger partial charge in [-0.25, -0.2) is 4.98 Å². The van der Waals surface area contributed by atoms with Gasteiger partial charge in [-0.05, 0) is 43.0 Å². The summed E-state index contributed by atoms with van der Waals surface area (Å²) < 4.78 is 7.11. The van der Waals surface area contributed by atoms with Gasteiger partial charge in [0.1, 0.15) is 17.1 Å². The van der Waals surface area contributed by atoms with Crippen LogP contribution < -0.4 is 10.1 Å². The molecule has 0 unspecified atom stereocenters. The van der Waals surface area contributed by atoms with Crippen LogP contribution in [0.5, 0.6) is 5.75 Å². The van der Waals surface area contributed by atoms with Crippen LogP contribution in [0.1, 0.15) is 20.9 Å². The highest BCUT2D eigenvalue weighted by molar-refractivity contribution is 7.12. The normalized spacial score (nSPS) is 10.9. The Balaban J connectivity index is 1.81. The highest BCUT2D eigenvalue weighted by Crippen LogP contribution is 2.28. The van der Waals surface area contributed by atoms with Crippen LogP contribution in [0.15, 0.2) is 47.8 Å². The highest BCUT2D eigenvalue weighted by Gasteiger charge is 2.16. The first-order chi connectivity index (χ1) is 13.1. The van der Waals surface area contributed by atoms with Gasteiger partial charge in [-0.2, -0.15) is 9.78 Å². The molecule has 6 nitrogen and oxygen atoms in total. The topological polar surface area (TPSA) is 69.0 Å². The Bertz CT molecular complexity index is 1130. The Labute approximate surface area is 160 Å². The van der Waals surface area contributed by atoms with Crippen molar-refractivity contribution in [3.63, 3.8) is 0 Å². The van der Waals surface area contributed by atoms with E-state index in [1.807, 2.05) is 55.6 Å². The minimum atomic E-state index is -0.166. The summed E-state index contributed by atoms with van der Waals surface area (Å²) in [6.45, 7) is 3.90. The number of anilines is 1. The van der Waals surface area contributed by atoms with E-state index in [1.54, 1.807) is 17.9 Å². The second-order valence-electron chi connectivity index (χ2n) is 6.17. The number of fused-ring (bicyclic) bond motifs is 1. The summed E-state index contributed by atoms with van der Waals surface area (Å²) in [5.41, 5.74) is 2.60. The molecule has 27 heavy (non-hydrogen) atoms. The number of hydrogen-bond acceptors (Lipinski definition) is 5. The molecule has 0 radical (unpaired) electrons. The van der Waals surface area contributed by atoms with Crippen molar-refractivity contribution in [3.05, 3.63) is 64.0 Å². The summed E-state index contributed by atoms with van der Waals surface area (Å²) in [7, 11) is 1.63. The highest BCUT2D eigenvalue weighted by atomic mass is 32.1. The molecule has 3 heterocycles. The van der Waals surface area contributed by atoms with Crippen molar-refractivity contribution in [3.8, 4) is 11.6 Å². The van der Waals surface area contributed by atoms with E-state index in [0.717, 1.165) is 22.2 Å². The molecular formula is C20H18N4O2S. The van der Waals surface area contributed by atoms with Gasteiger partial charge in [0.2, 0.25) is 0 Å². The van der Waals surface area contributed by atoms with Gasteiger partial charge in [-0.3, -0.25) is 4.79 Å². The van der Waals surface area contributed by atoms with E-state index in [-0.39, 0.29) is 5.91 Å². The Morgan fingerprint density at radius 2 is 2.04 bits per heavy atom. The standard InChI is InChI=1S/C20H18N4O2S/c1-12-10-17(21-19-14(12)6-4-7-15(19)26-3)24-18(11-13(2)23-24)22-20(25)16-8-5-9-27-16/h4-11H,1-3H3,(H,22,25). The fourth-order valence-corrected chi connectivity index (χ4v) is 3.62. The van der Waals surface area contributed by atoms with E-state index >= 15 is 0 Å². The van der Waals surface area contributed by atoms with Gasteiger partial charge in [0.05, 0.1) is 17.7 Å². The number of aryl methyl sites for hydroxylation is 2. The number of ether oxygens (including phenoxy) is 1. The number of thiophene rings is 1. The second-order valence-corrected chi connectivity index (χ2v) is 7.12. The van der Waals surface area contributed by atoms with Crippen molar-refractivity contribution in [1.29, 1.82) is 0 Å². The number of carbonyl (C=O) groups excluding carboxylic acids is 1. The number of hydrogen-bond donors (Lipinski definition) is 1. The average molecular weight is 378 g/mol. The Morgan fingerprint density at radius 1 is 1.19 bits per heavy atom. The van der Waals surface area contributed by atoms with Crippen LogP contribution in [0, 0.1) is 13.8 Å². The van der Waals surface area contributed by atoms with Crippen LogP contribution in [0.25, 0.3) is 16.7 Å². The Morgan fingerprint density at radius 3 is 2.78 bits per heavy atom. The largest absolute Gasteiger partial charge is 0.494 e. The van der Waals surface area contributed by atoms with Gasteiger partial charge in [-0.1, -0.05) is 18.2 Å². The third-order valence-electron chi connectivity index (χ3n) is 4.25. The van der Waals surface area contributed by atoms with E-state index in [1.165, 1.54) is 11.3 Å². The smallest absolute Gasteiger partial charge is 0.266 e. The third-order valence-corrected chi connectivity index (χ3v) is 5.12. The maximum Gasteiger partial charge on any atom is 0.266 e. The minimum Gasteiger partial charge on any atom is -0.494 e. The maximum atomic E-state index is 12.5. The zero-order valence-electron chi connectivity index (χ0n) is 15.2. The second kappa shape index (κ2) is 6.85. The number of carbonyl (C=O) groups is 1. The minimum absolute atomic E-state index is 0.166. The molecule has 3 aromatic heterocycles. The van der Waals surface area contributed by atoms with Crippen molar-refractivity contribution < 1.29 is 9.53 Å². The first-order valence-electron chi connectivity index (χ1n) is 8.43. The van der Waals surface area contributed by atoms with Crippen molar-refractivity contribution in [1.82, 2.24) is 14.8 Å². The monoisotopic (exact) mass is 378 g/mol. The van der Waals surface area contributed by atoms with Gasteiger partial charge in [-0.15, -0.1) is 11.3 Å². The van der Waals surface area contributed by atoms with Crippen LogP contribution in [-0.4, -0.2) is 27.8 Å². The van der Waals surface area contributed by atoms with Crippen molar-refractivity contribution >= 4 is 34.0 Å². The van der Waals surface area contributed by atoms with E-state index < -0.39 is 0 Å². The van der Waals surface area contributed by atoms with Crippen molar-refractivity contribution in [2.45, 2.75) is 13.8 Å². The molecule has 1 amide bonds. The van der Waals surface area contributed by atoms with Crippen molar-refractivity contribution in [2.75, 3.05) is 12.4 Å². The predicted molar refractivity (Wildman–Crippen MR) is 107 cm³/mol. The molecule has 7 heteroatoms. The van der Waals surface area contributed by atoms with E-state index in [9.17, 15) is 4.79 Å². The Hall–Kier alpha value is -3.19. The summed E-state index contributed by atoms with van der Waals surface area (Å²) in [5.74, 6) is 1.73. The maximum absolute atomic E-state index is 12.5. The molecule has 0 saturated carbocycles. The van der Waals surface area contributed by atoms with E-state index in [2.05, 4.69) is 10.4 Å². The summed E-state index contributed by atoms with van der Waals surface area (Å²) in [4.78, 5) is 17.9. The summed E-state index contributed by atoms with van der Waals surface area (Å²) in [5, 5.41) is 10.3. The number of pyridine rings is 1. The number of amides is 1. The van der Waals surface area contributed by atoms with Gasteiger partial charge >= 0.3 is 0 Å². The molecule has 136 valence electrons. The molecule has 1 aromatic carbocycles. The third kappa shape index (κ3) is 3.17. The van der Waals surface area contributed by atoms with Crippen LogP contribution >= 0.6 is 11.3 Å². The number of nitrogens with one attached hydrogen (secondary N) is 1. The van der Waals surface area contributed by atoms with E-state index in [4.69, 9.17) is 9.72 Å². The molecule has 0 saturated heterocycles. The number of methoxy groups -OCH3 is 1. The van der Waals surface area contributed by atoms with Gasteiger partial charge in [0, 0.05) is 11.5 Å². The van der Waals surface area contributed by atoms with Crippen molar-refractivity contribution in [2.24, 2.45) is 0 Å². The van der Waals surface area contributed by atoms with E-state index in [0.29, 0.717) is 22.3 Å². The number of rotatable bonds is 4. The fraction of sp³-hybridized carbons (Fsp3) is 0.150. The van der Waals surface area contributed by atoms with Gasteiger partial charge < -0.3 is 10.1 Å². The van der Waals surface area contributed by atoms with Crippen LogP contribution in [0.2, 0.25) is 0 Å². The lowest BCUT2D eigenvalue weighted by Crippen LogP contribution is -2.14. The lowest BCUT2D eigenvalue weighted by Gasteiger charge is -2.12. The number of nitrogens with zero attached hydrogens (tertiary/aromatic N) is 3. The van der Waals surface area contributed by atoms with Crippen LogP contribution in [-0.2, 0) is 0 Å². The average Bonchev–Trinajstić information content (AvgIpc) is 3.31. The van der Waals surface area contributed by atoms with Gasteiger partial charge in [0.25, 0.3) is 5.91 Å². The van der Waals surface area contributed by atoms with Crippen LogP contribution in [0.4, 0.5) is 5.82 Å². The zero-order valence-corrected chi connectivity index (χ0v) is 16.0. The summed E-state index contributed by atoms with van der Waals surface area (Å²) >= 11 is 1.39. The molecule has 0 aliphatic carbocycles. The summed E-state index contributed by atoms with van der Waals surface area (Å²) in [6.07, 6.45) is 0. The molecule has 0 spiro atoms. The quantitative estimate of drug-likeness (QED) is 0.573. The zero-order chi connectivity index (χ0) is 19.0. The number of aromatic nitrogens is 3.